The van der Waals surface area contributed by atoms with E-state index in [2.05, 4.69) is 6.58 Å². The molecule has 3 fully saturated rings. The minimum atomic E-state index is -0.174. The van der Waals surface area contributed by atoms with Gasteiger partial charge >= 0.3 is 5.97 Å². The Morgan fingerprint density at radius 2 is 1.52 bits per heavy atom. The van der Waals surface area contributed by atoms with Crippen LogP contribution in [0.4, 0.5) is 0 Å². The molecular weight excluding hydrogens is 284 g/mol. The summed E-state index contributed by atoms with van der Waals surface area (Å²) in [5.74, 6) is 1.84. The van der Waals surface area contributed by atoms with Crippen LogP contribution >= 0.6 is 0 Å². The Hall–Kier alpha value is -0.790. The maximum absolute atomic E-state index is 12.5. The number of carbonyl (C=O) groups is 1. The molecule has 3 aliphatic rings. The van der Waals surface area contributed by atoms with Crippen molar-refractivity contribution in [2.24, 2.45) is 17.8 Å². The molecule has 130 valence electrons. The molecule has 3 aliphatic carbocycles. The van der Waals surface area contributed by atoms with Gasteiger partial charge in [0.05, 0.1) is 0 Å². The molecule has 0 aromatic heterocycles. The average molecular weight is 319 g/mol. The molecule has 0 saturated heterocycles. The monoisotopic (exact) mass is 318 g/mol. The van der Waals surface area contributed by atoms with Gasteiger partial charge in [0.1, 0.15) is 5.60 Å². The topological polar surface area (TPSA) is 26.3 Å². The molecule has 0 aromatic carbocycles. The van der Waals surface area contributed by atoms with Gasteiger partial charge in [-0.25, -0.2) is 4.79 Å². The van der Waals surface area contributed by atoms with Gasteiger partial charge in [-0.2, -0.15) is 0 Å². The third-order valence-corrected chi connectivity index (χ3v) is 6.86. The Kier molecular flexibility index (Phi) is 5.49. The fraction of sp³-hybridized carbons (Fsp3) is 0.857. The lowest BCUT2D eigenvalue weighted by molar-refractivity contribution is -0.183. The molecule has 0 heterocycles. The molecule has 2 atom stereocenters. The van der Waals surface area contributed by atoms with Crippen LogP contribution in [0.2, 0.25) is 0 Å². The Labute approximate surface area is 142 Å². The summed E-state index contributed by atoms with van der Waals surface area (Å²) in [5.41, 5.74) is 0.391. The van der Waals surface area contributed by atoms with Crippen molar-refractivity contribution < 1.29 is 9.53 Å². The highest BCUT2D eigenvalue weighted by atomic mass is 16.6. The molecule has 0 spiro atoms. The zero-order chi connectivity index (χ0) is 16.3. The van der Waals surface area contributed by atoms with E-state index in [1.165, 1.54) is 77.0 Å². The van der Waals surface area contributed by atoms with E-state index < -0.39 is 0 Å². The largest absolute Gasteiger partial charge is 0.455 e. The van der Waals surface area contributed by atoms with Gasteiger partial charge in [0.25, 0.3) is 0 Å². The van der Waals surface area contributed by atoms with Crippen LogP contribution < -0.4 is 0 Å². The second-order valence-electron chi connectivity index (χ2n) is 8.36. The lowest BCUT2D eigenvalue weighted by atomic mass is 9.60. The van der Waals surface area contributed by atoms with Gasteiger partial charge in [-0.05, 0) is 50.9 Å². The third kappa shape index (κ3) is 3.51. The van der Waals surface area contributed by atoms with Crippen LogP contribution in [0.25, 0.3) is 0 Å². The Bertz CT molecular complexity index is 429. The summed E-state index contributed by atoms with van der Waals surface area (Å²) in [6, 6.07) is 0. The molecule has 0 aliphatic heterocycles. The minimum absolute atomic E-state index is 0.139. The van der Waals surface area contributed by atoms with Crippen molar-refractivity contribution in [3.8, 4) is 0 Å². The van der Waals surface area contributed by atoms with Crippen LogP contribution in [0.15, 0.2) is 12.2 Å². The van der Waals surface area contributed by atoms with Gasteiger partial charge in [0, 0.05) is 11.5 Å². The van der Waals surface area contributed by atoms with Gasteiger partial charge < -0.3 is 4.74 Å². The normalized spacial score (nSPS) is 33.5. The van der Waals surface area contributed by atoms with Crippen molar-refractivity contribution >= 4 is 5.97 Å². The lowest BCUT2D eigenvalue weighted by Gasteiger charge is -2.51. The minimum Gasteiger partial charge on any atom is -0.455 e. The van der Waals surface area contributed by atoms with Crippen molar-refractivity contribution in [1.29, 1.82) is 0 Å². The van der Waals surface area contributed by atoms with E-state index in [4.69, 9.17) is 4.74 Å². The van der Waals surface area contributed by atoms with Crippen molar-refractivity contribution in [1.82, 2.24) is 0 Å². The Morgan fingerprint density at radius 3 is 2.17 bits per heavy atom. The number of hydrogen-bond acceptors (Lipinski definition) is 2. The smallest absolute Gasteiger partial charge is 0.333 e. The molecule has 0 N–H and O–H groups in total. The van der Waals surface area contributed by atoms with Gasteiger partial charge in [-0.1, -0.05) is 57.9 Å². The second-order valence-corrected chi connectivity index (χ2v) is 8.36. The van der Waals surface area contributed by atoms with Gasteiger partial charge in [-0.15, -0.1) is 0 Å². The summed E-state index contributed by atoms with van der Waals surface area (Å²) in [5, 5.41) is 0. The molecule has 3 saturated carbocycles. The highest BCUT2D eigenvalue weighted by molar-refractivity contribution is 5.87. The number of ether oxygens (including phenoxy) is 1. The quantitative estimate of drug-likeness (QED) is 0.483. The molecule has 23 heavy (non-hydrogen) atoms. The van der Waals surface area contributed by atoms with Gasteiger partial charge in [-0.3, -0.25) is 0 Å². The number of hydrogen-bond donors (Lipinski definition) is 0. The predicted molar refractivity (Wildman–Crippen MR) is 94.1 cm³/mol. The van der Waals surface area contributed by atoms with Crippen LogP contribution in [0.1, 0.15) is 90.4 Å². The maximum Gasteiger partial charge on any atom is 0.333 e. The first-order valence-corrected chi connectivity index (χ1v) is 10.0. The summed E-state index contributed by atoms with van der Waals surface area (Å²) in [6.45, 7) is 5.64. The highest BCUT2D eigenvalue weighted by Crippen LogP contribution is 2.53. The molecular formula is C21H34O2. The number of esters is 1. The van der Waals surface area contributed by atoms with Crippen molar-refractivity contribution in [2.45, 2.75) is 96.0 Å². The summed E-state index contributed by atoms with van der Waals surface area (Å²) >= 11 is 0. The Morgan fingerprint density at radius 1 is 0.913 bits per heavy atom. The van der Waals surface area contributed by atoms with Crippen LogP contribution in [0.3, 0.4) is 0 Å². The van der Waals surface area contributed by atoms with Crippen LogP contribution in [0.5, 0.6) is 0 Å². The summed E-state index contributed by atoms with van der Waals surface area (Å²) < 4.78 is 6.35. The summed E-state index contributed by atoms with van der Waals surface area (Å²) in [4.78, 5) is 12.5. The van der Waals surface area contributed by atoms with Crippen LogP contribution in [-0.4, -0.2) is 11.6 Å². The predicted octanol–water partition coefficient (Wildman–Crippen LogP) is 5.81. The molecule has 0 radical (unpaired) electrons. The summed E-state index contributed by atoms with van der Waals surface area (Å²) in [7, 11) is 0. The van der Waals surface area contributed by atoms with E-state index in [-0.39, 0.29) is 11.6 Å². The highest BCUT2D eigenvalue weighted by Gasteiger charge is 2.52. The molecule has 3 rings (SSSR count). The molecule has 2 unspecified atom stereocenters. The Balaban J connectivity index is 1.88. The van der Waals surface area contributed by atoms with Crippen molar-refractivity contribution in [2.75, 3.05) is 0 Å². The first kappa shape index (κ1) is 17.0. The molecule has 2 nitrogen and oxygen atoms in total. The molecule has 2 heteroatoms. The second kappa shape index (κ2) is 7.40. The van der Waals surface area contributed by atoms with Crippen molar-refractivity contribution in [3.63, 3.8) is 0 Å². The van der Waals surface area contributed by atoms with Gasteiger partial charge in [0.15, 0.2) is 0 Å². The molecule has 0 aromatic rings. The standard InChI is InChI=1S/C21H34O2/c1-16(2)20(22)23-21(18-12-6-7-13-18)15-9-8-14-19(21)17-10-4-3-5-11-17/h17-19H,1,3-15H2,2H3. The van der Waals surface area contributed by atoms with E-state index in [1.807, 2.05) is 0 Å². The zero-order valence-electron chi connectivity index (χ0n) is 14.9. The lowest BCUT2D eigenvalue weighted by Crippen LogP contribution is -2.53. The fourth-order valence-corrected chi connectivity index (χ4v) is 5.76. The van der Waals surface area contributed by atoms with Crippen molar-refractivity contribution in [3.05, 3.63) is 12.2 Å². The average Bonchev–Trinajstić information content (AvgIpc) is 3.11. The molecule has 0 amide bonds. The summed E-state index contributed by atoms with van der Waals surface area (Å²) in [6.07, 6.45) is 16.9. The van der Waals surface area contributed by atoms with E-state index in [9.17, 15) is 4.79 Å². The third-order valence-electron chi connectivity index (χ3n) is 6.86. The zero-order valence-corrected chi connectivity index (χ0v) is 14.9. The first-order chi connectivity index (χ1) is 11.1. The fourth-order valence-electron chi connectivity index (χ4n) is 5.76. The maximum atomic E-state index is 12.5. The van der Waals surface area contributed by atoms with E-state index in [0.29, 0.717) is 17.4 Å². The van der Waals surface area contributed by atoms with Gasteiger partial charge in [0.2, 0.25) is 0 Å². The van der Waals surface area contributed by atoms with Crippen LogP contribution in [0, 0.1) is 17.8 Å². The first-order valence-electron chi connectivity index (χ1n) is 10.0. The van der Waals surface area contributed by atoms with E-state index >= 15 is 0 Å². The van der Waals surface area contributed by atoms with E-state index in [0.717, 1.165) is 12.3 Å². The van der Waals surface area contributed by atoms with Crippen LogP contribution in [-0.2, 0) is 9.53 Å². The SMILES string of the molecule is C=C(C)C(=O)OC1(C2CCCC2)CCCCC1C1CCCCC1. The number of rotatable bonds is 4. The number of carbonyl (C=O) groups excluding carboxylic acids is 1. The van der Waals surface area contributed by atoms with E-state index in [1.54, 1.807) is 6.92 Å². The molecule has 0 bridgehead atoms.